The second-order valence-electron chi connectivity index (χ2n) is 4.83. The number of benzene rings is 1. The van der Waals surface area contributed by atoms with Gasteiger partial charge in [0.1, 0.15) is 12.7 Å². The summed E-state index contributed by atoms with van der Waals surface area (Å²) in [4.78, 5) is 3.97. The van der Waals surface area contributed by atoms with Gasteiger partial charge in [0.05, 0.1) is 8.07 Å². The summed E-state index contributed by atoms with van der Waals surface area (Å²) < 4.78 is 1.92. The lowest BCUT2D eigenvalue weighted by Gasteiger charge is -2.17. The zero-order chi connectivity index (χ0) is 12.1. The highest BCUT2D eigenvalue weighted by Crippen LogP contribution is 2.10. The highest BCUT2D eigenvalue weighted by Gasteiger charge is 2.17. The molecule has 0 spiro atoms. The van der Waals surface area contributed by atoms with Crippen LogP contribution in [0, 0.1) is 0 Å². The standard InChI is InChI=1S/C13H17N3Si/c1-17(2,12-16-11-14-10-15-16)9-8-13-6-4-3-5-7-13/h3-11H,12H2,1-2H3/b9-8+. The molecule has 2 rings (SSSR count). The second kappa shape index (κ2) is 5.10. The van der Waals surface area contributed by atoms with Crippen molar-refractivity contribution in [2.24, 2.45) is 0 Å². The molecular formula is C13H17N3Si. The first-order valence-electron chi connectivity index (χ1n) is 5.72. The molecule has 0 N–H and O–H groups in total. The zero-order valence-corrected chi connectivity index (χ0v) is 11.2. The van der Waals surface area contributed by atoms with E-state index in [2.05, 4.69) is 59.2 Å². The lowest BCUT2D eigenvalue weighted by atomic mass is 10.2. The van der Waals surface area contributed by atoms with Crippen molar-refractivity contribution in [3.05, 3.63) is 54.2 Å². The molecule has 1 aromatic carbocycles. The van der Waals surface area contributed by atoms with Crippen LogP contribution in [0.3, 0.4) is 0 Å². The van der Waals surface area contributed by atoms with E-state index in [9.17, 15) is 0 Å². The monoisotopic (exact) mass is 243 g/mol. The van der Waals surface area contributed by atoms with E-state index in [4.69, 9.17) is 0 Å². The Kier molecular flexibility index (Phi) is 3.54. The number of hydrogen-bond acceptors (Lipinski definition) is 2. The minimum absolute atomic E-state index is 0.969. The first-order chi connectivity index (χ1) is 8.16. The number of nitrogens with zero attached hydrogens (tertiary/aromatic N) is 3. The Labute approximate surface area is 103 Å². The van der Waals surface area contributed by atoms with Gasteiger partial charge in [0.25, 0.3) is 0 Å². The molecule has 1 aromatic heterocycles. The van der Waals surface area contributed by atoms with Gasteiger partial charge in [-0.3, -0.25) is 4.68 Å². The molecule has 0 unspecified atom stereocenters. The van der Waals surface area contributed by atoms with Crippen LogP contribution in [-0.2, 0) is 6.17 Å². The summed E-state index contributed by atoms with van der Waals surface area (Å²) in [6, 6.07) is 10.4. The Morgan fingerprint density at radius 3 is 2.65 bits per heavy atom. The van der Waals surface area contributed by atoms with Crippen LogP contribution in [0.5, 0.6) is 0 Å². The molecule has 4 heteroatoms. The first-order valence-corrected chi connectivity index (χ1v) is 9.01. The van der Waals surface area contributed by atoms with Gasteiger partial charge in [-0.05, 0) is 5.56 Å². The lowest BCUT2D eigenvalue weighted by molar-refractivity contribution is 0.725. The van der Waals surface area contributed by atoms with Gasteiger partial charge in [-0.15, -0.1) is 0 Å². The summed E-state index contributed by atoms with van der Waals surface area (Å²) >= 11 is 0. The van der Waals surface area contributed by atoms with Crippen LogP contribution < -0.4 is 0 Å². The van der Waals surface area contributed by atoms with E-state index < -0.39 is 8.07 Å². The first kappa shape index (κ1) is 11.8. The predicted octanol–water partition coefficient (Wildman–Crippen LogP) is 2.78. The minimum Gasteiger partial charge on any atom is -0.256 e. The average Bonchev–Trinajstić information content (AvgIpc) is 2.80. The normalized spacial score (nSPS) is 12.1. The van der Waals surface area contributed by atoms with Crippen LogP contribution in [0.15, 0.2) is 48.7 Å². The van der Waals surface area contributed by atoms with Gasteiger partial charge in [0.2, 0.25) is 0 Å². The Balaban J connectivity index is 2.04. The van der Waals surface area contributed by atoms with E-state index in [1.165, 1.54) is 5.56 Å². The molecular weight excluding hydrogens is 226 g/mol. The molecule has 17 heavy (non-hydrogen) atoms. The highest BCUT2D eigenvalue weighted by atomic mass is 28.3. The van der Waals surface area contributed by atoms with E-state index in [1.54, 1.807) is 12.7 Å². The largest absolute Gasteiger partial charge is 0.256 e. The van der Waals surface area contributed by atoms with Gasteiger partial charge >= 0.3 is 0 Å². The van der Waals surface area contributed by atoms with Crippen molar-refractivity contribution < 1.29 is 0 Å². The predicted molar refractivity (Wildman–Crippen MR) is 73.0 cm³/mol. The van der Waals surface area contributed by atoms with Crippen LogP contribution in [-0.4, -0.2) is 22.8 Å². The summed E-state index contributed by atoms with van der Waals surface area (Å²) in [5.74, 6) is 0. The lowest BCUT2D eigenvalue weighted by Crippen LogP contribution is -2.30. The van der Waals surface area contributed by atoms with Crippen molar-refractivity contribution in [2.75, 3.05) is 0 Å². The molecule has 0 aliphatic heterocycles. The molecule has 88 valence electrons. The second-order valence-corrected chi connectivity index (χ2v) is 9.45. The van der Waals surface area contributed by atoms with Crippen molar-refractivity contribution in [1.82, 2.24) is 14.8 Å². The fourth-order valence-electron chi connectivity index (χ4n) is 1.67. The molecule has 3 nitrogen and oxygen atoms in total. The van der Waals surface area contributed by atoms with Crippen LogP contribution in [0.2, 0.25) is 13.1 Å². The maximum atomic E-state index is 4.16. The van der Waals surface area contributed by atoms with Gasteiger partial charge < -0.3 is 0 Å². The Bertz CT molecular complexity index is 475. The number of aromatic nitrogens is 3. The Morgan fingerprint density at radius 1 is 1.24 bits per heavy atom. The van der Waals surface area contributed by atoms with Gasteiger partial charge in [-0.25, -0.2) is 4.98 Å². The van der Waals surface area contributed by atoms with Crippen molar-refractivity contribution >= 4 is 14.1 Å². The third kappa shape index (κ3) is 3.67. The van der Waals surface area contributed by atoms with E-state index in [0.717, 1.165) is 6.17 Å². The molecule has 0 saturated carbocycles. The summed E-state index contributed by atoms with van der Waals surface area (Å²) in [6.07, 6.45) is 6.55. The fraction of sp³-hybridized carbons (Fsp3) is 0.231. The molecule has 0 bridgehead atoms. The van der Waals surface area contributed by atoms with Gasteiger partial charge in [0, 0.05) is 6.17 Å². The minimum atomic E-state index is -1.41. The summed E-state index contributed by atoms with van der Waals surface area (Å²) in [5, 5.41) is 4.16. The molecule has 0 atom stereocenters. The van der Waals surface area contributed by atoms with E-state index in [0.29, 0.717) is 0 Å². The maximum absolute atomic E-state index is 4.16. The molecule has 0 fully saturated rings. The van der Waals surface area contributed by atoms with Crippen LogP contribution in [0.1, 0.15) is 5.56 Å². The van der Waals surface area contributed by atoms with E-state index in [1.807, 2.05) is 10.7 Å². The number of rotatable bonds is 4. The SMILES string of the molecule is C[Si](C)(/C=C/c1ccccc1)Cn1cncn1. The highest BCUT2D eigenvalue weighted by molar-refractivity contribution is 6.81. The zero-order valence-electron chi connectivity index (χ0n) is 10.2. The Morgan fingerprint density at radius 2 is 2.00 bits per heavy atom. The maximum Gasteiger partial charge on any atom is 0.137 e. The van der Waals surface area contributed by atoms with Crippen LogP contribution >= 0.6 is 0 Å². The molecule has 0 radical (unpaired) electrons. The number of hydrogen-bond donors (Lipinski definition) is 0. The third-order valence-electron chi connectivity index (χ3n) is 2.56. The summed E-state index contributed by atoms with van der Waals surface area (Å²) in [6.45, 7) is 4.66. The average molecular weight is 243 g/mol. The van der Waals surface area contributed by atoms with Crippen LogP contribution in [0.4, 0.5) is 0 Å². The summed E-state index contributed by atoms with van der Waals surface area (Å²) in [5.41, 5.74) is 3.61. The molecule has 0 amide bonds. The molecule has 0 aliphatic rings. The van der Waals surface area contributed by atoms with Crippen molar-refractivity contribution in [1.29, 1.82) is 0 Å². The smallest absolute Gasteiger partial charge is 0.137 e. The van der Waals surface area contributed by atoms with Gasteiger partial charge in [-0.1, -0.05) is 55.2 Å². The fourth-order valence-corrected chi connectivity index (χ4v) is 3.42. The van der Waals surface area contributed by atoms with E-state index in [-0.39, 0.29) is 0 Å². The molecule has 0 aliphatic carbocycles. The molecule has 1 heterocycles. The summed E-state index contributed by atoms with van der Waals surface area (Å²) in [7, 11) is -1.41. The third-order valence-corrected chi connectivity index (χ3v) is 4.77. The molecule has 0 saturated heterocycles. The van der Waals surface area contributed by atoms with Crippen molar-refractivity contribution in [2.45, 2.75) is 19.3 Å². The van der Waals surface area contributed by atoms with Crippen molar-refractivity contribution in [3.63, 3.8) is 0 Å². The Hall–Kier alpha value is -1.68. The van der Waals surface area contributed by atoms with Crippen LogP contribution in [0.25, 0.3) is 6.08 Å². The van der Waals surface area contributed by atoms with E-state index >= 15 is 0 Å². The quantitative estimate of drug-likeness (QED) is 0.773. The van der Waals surface area contributed by atoms with Crippen molar-refractivity contribution in [3.8, 4) is 0 Å². The van der Waals surface area contributed by atoms with Gasteiger partial charge in [-0.2, -0.15) is 5.10 Å². The van der Waals surface area contributed by atoms with Gasteiger partial charge in [0.15, 0.2) is 0 Å². The topological polar surface area (TPSA) is 30.7 Å². The molecule has 2 aromatic rings.